The summed E-state index contributed by atoms with van der Waals surface area (Å²) in [5.41, 5.74) is 0.749. The molecule has 0 unspecified atom stereocenters. The molecule has 1 amide bonds. The van der Waals surface area contributed by atoms with E-state index < -0.39 is 24.4 Å². The summed E-state index contributed by atoms with van der Waals surface area (Å²) in [6.45, 7) is -1.19. The maximum atomic E-state index is 13.1. The van der Waals surface area contributed by atoms with Crippen LogP contribution in [0.5, 0.6) is 5.75 Å². The number of fused-ring (bicyclic) bond motifs is 1. The van der Waals surface area contributed by atoms with E-state index in [-0.39, 0.29) is 22.3 Å². The number of thiazole rings is 1. The molecule has 3 aromatic heterocycles. The van der Waals surface area contributed by atoms with Gasteiger partial charge in [-0.15, -0.1) is 11.3 Å². The molecule has 1 N–H and O–H groups in total. The summed E-state index contributed by atoms with van der Waals surface area (Å²) in [4.78, 5) is 20.9. The van der Waals surface area contributed by atoms with Crippen LogP contribution in [-0.2, 0) is 12.6 Å². The van der Waals surface area contributed by atoms with Crippen molar-refractivity contribution in [1.29, 1.82) is 0 Å². The van der Waals surface area contributed by atoms with Crippen molar-refractivity contribution in [2.75, 3.05) is 5.32 Å². The molecule has 4 rings (SSSR count). The summed E-state index contributed by atoms with van der Waals surface area (Å²) in [7, 11) is 0. The molecule has 6 nitrogen and oxygen atoms in total. The number of ether oxygens (including phenoxy) is 1. The summed E-state index contributed by atoms with van der Waals surface area (Å²) in [6.07, 6.45) is 0.515. The van der Waals surface area contributed by atoms with Gasteiger partial charge in [-0.25, -0.2) is 9.97 Å². The quantitative estimate of drug-likeness (QED) is 0.294. The van der Waals surface area contributed by atoms with Gasteiger partial charge >= 0.3 is 12.8 Å². The predicted molar refractivity (Wildman–Crippen MR) is 122 cm³/mol. The lowest BCUT2D eigenvalue weighted by atomic mass is 10.0. The number of imidazole rings is 1. The number of benzene rings is 1. The van der Waals surface area contributed by atoms with E-state index in [1.807, 2.05) is 0 Å². The maximum Gasteiger partial charge on any atom is 0.434 e. The van der Waals surface area contributed by atoms with Gasteiger partial charge in [-0.3, -0.25) is 14.5 Å². The van der Waals surface area contributed by atoms with Crippen LogP contribution < -0.4 is 10.1 Å². The number of nitrogens with zero attached hydrogens (tertiary/aromatic N) is 3. The van der Waals surface area contributed by atoms with Crippen molar-refractivity contribution in [3.05, 3.63) is 76.2 Å². The second-order valence-corrected chi connectivity index (χ2v) is 8.01. The number of hydrogen-bond acceptors (Lipinski definition) is 5. The second-order valence-electron chi connectivity index (χ2n) is 7.15. The van der Waals surface area contributed by atoms with Gasteiger partial charge in [-0.2, -0.15) is 22.0 Å². The molecule has 0 aliphatic heterocycles. The lowest BCUT2D eigenvalue weighted by Gasteiger charge is -2.11. The first-order valence-electron chi connectivity index (χ1n) is 10.2. The summed E-state index contributed by atoms with van der Waals surface area (Å²) in [5.74, 6) is -0.668. The van der Waals surface area contributed by atoms with Gasteiger partial charge in [0.2, 0.25) is 0 Å². The normalized spacial score (nSPS) is 12.1. The van der Waals surface area contributed by atoms with Crippen molar-refractivity contribution < 1.29 is 31.5 Å². The minimum Gasteiger partial charge on any atom is -0.435 e. The van der Waals surface area contributed by atoms with Gasteiger partial charge in [0.15, 0.2) is 10.8 Å². The van der Waals surface area contributed by atoms with Crippen molar-refractivity contribution in [1.82, 2.24) is 14.4 Å². The first-order valence-corrected chi connectivity index (χ1v) is 11.1. The van der Waals surface area contributed by atoms with E-state index in [2.05, 4.69) is 20.0 Å². The van der Waals surface area contributed by atoms with Crippen molar-refractivity contribution in [2.45, 2.75) is 26.1 Å². The maximum absolute atomic E-state index is 13.1. The van der Waals surface area contributed by atoms with E-state index in [9.17, 15) is 26.7 Å². The highest BCUT2D eigenvalue weighted by atomic mass is 32.1. The monoisotopic (exact) mass is 508 g/mol. The molecule has 0 atom stereocenters. The zero-order valence-corrected chi connectivity index (χ0v) is 18.8. The average Bonchev–Trinajstić information content (AvgIpc) is 3.41. The van der Waals surface area contributed by atoms with Gasteiger partial charge in [-0.1, -0.05) is 31.2 Å². The van der Waals surface area contributed by atoms with E-state index in [0.717, 1.165) is 5.38 Å². The first-order chi connectivity index (χ1) is 16.7. The van der Waals surface area contributed by atoms with Gasteiger partial charge in [0.25, 0.3) is 5.91 Å². The standard InChI is InChI=1S/C23H17F5N4O2S/c1-2-14-13(6-5-7-16(14)34-21(24)25)9-10-15-19(32-11-4-3-8-18(32)29-15)20(33)31-22-30-17(12-35-22)23(26,27)28/h3-12,21H,2H2,1H3,(H,30,31,33)/b10-9+. The first kappa shape index (κ1) is 24.3. The third-order valence-electron chi connectivity index (χ3n) is 4.95. The number of rotatable bonds is 7. The van der Waals surface area contributed by atoms with Crippen LogP contribution in [0.2, 0.25) is 0 Å². The zero-order chi connectivity index (χ0) is 25.2. The Morgan fingerprint density at radius 3 is 2.66 bits per heavy atom. The molecule has 0 saturated heterocycles. The van der Waals surface area contributed by atoms with Crippen molar-refractivity contribution in [3.8, 4) is 5.75 Å². The molecule has 0 fully saturated rings. The van der Waals surface area contributed by atoms with Crippen LogP contribution in [0.1, 0.15) is 39.9 Å². The molecule has 0 bridgehead atoms. The van der Waals surface area contributed by atoms with E-state index in [1.165, 1.54) is 16.5 Å². The third-order valence-corrected chi connectivity index (χ3v) is 5.70. The molecule has 1 aromatic carbocycles. The Labute approximate surface area is 199 Å². The summed E-state index contributed by atoms with van der Waals surface area (Å²) < 4.78 is 70.2. The number of anilines is 1. The Bertz CT molecular complexity index is 1390. The number of halogens is 5. The molecule has 0 aliphatic carbocycles. The Morgan fingerprint density at radius 2 is 1.97 bits per heavy atom. The average molecular weight is 508 g/mol. The van der Waals surface area contributed by atoms with Crippen LogP contribution in [-0.4, -0.2) is 26.9 Å². The number of carbonyl (C=O) groups excluding carboxylic acids is 1. The Hall–Kier alpha value is -3.80. The lowest BCUT2D eigenvalue weighted by Crippen LogP contribution is -2.16. The number of carbonyl (C=O) groups is 1. The predicted octanol–water partition coefficient (Wildman–Crippen LogP) is 6.40. The number of aromatic nitrogens is 3. The number of pyridine rings is 1. The van der Waals surface area contributed by atoms with Crippen molar-refractivity contribution in [2.24, 2.45) is 0 Å². The van der Waals surface area contributed by atoms with Gasteiger partial charge < -0.3 is 4.74 Å². The summed E-state index contributed by atoms with van der Waals surface area (Å²) >= 11 is 0.649. The van der Waals surface area contributed by atoms with Gasteiger partial charge in [0.1, 0.15) is 17.1 Å². The lowest BCUT2D eigenvalue weighted by molar-refractivity contribution is -0.140. The summed E-state index contributed by atoms with van der Waals surface area (Å²) in [5, 5.41) is 2.99. The van der Waals surface area contributed by atoms with Crippen LogP contribution >= 0.6 is 11.3 Å². The van der Waals surface area contributed by atoms with E-state index in [1.54, 1.807) is 49.5 Å². The number of nitrogens with one attached hydrogen (secondary N) is 1. The minimum absolute atomic E-state index is 0.0434. The fraction of sp³-hybridized carbons (Fsp3) is 0.174. The molecule has 35 heavy (non-hydrogen) atoms. The molecule has 0 radical (unpaired) electrons. The Morgan fingerprint density at radius 1 is 1.17 bits per heavy atom. The molecule has 0 spiro atoms. The van der Waals surface area contributed by atoms with Crippen LogP contribution in [0.15, 0.2) is 48.0 Å². The van der Waals surface area contributed by atoms with Crippen molar-refractivity contribution >= 4 is 40.2 Å². The molecular formula is C23H17F5N4O2S. The van der Waals surface area contributed by atoms with E-state index in [4.69, 9.17) is 0 Å². The highest BCUT2D eigenvalue weighted by Gasteiger charge is 2.34. The fourth-order valence-electron chi connectivity index (χ4n) is 3.47. The van der Waals surface area contributed by atoms with Gasteiger partial charge in [0.05, 0.1) is 5.69 Å². The SMILES string of the molecule is CCc1c(/C=C/c2nc3ccccn3c2C(=O)Nc2nc(C(F)(F)F)cs2)cccc1OC(F)F. The number of hydrogen-bond donors (Lipinski definition) is 1. The van der Waals surface area contributed by atoms with E-state index >= 15 is 0 Å². The minimum atomic E-state index is -4.63. The van der Waals surface area contributed by atoms with Gasteiger partial charge in [-0.05, 0) is 36.3 Å². The molecular weight excluding hydrogens is 491 g/mol. The Balaban J connectivity index is 1.70. The molecule has 0 aliphatic rings. The molecule has 3 heterocycles. The molecule has 12 heteroatoms. The van der Waals surface area contributed by atoms with E-state index in [0.29, 0.717) is 34.5 Å². The zero-order valence-electron chi connectivity index (χ0n) is 18.0. The highest BCUT2D eigenvalue weighted by molar-refractivity contribution is 7.14. The van der Waals surface area contributed by atoms with Crippen LogP contribution in [0.4, 0.5) is 27.1 Å². The third kappa shape index (κ3) is 5.32. The number of alkyl halides is 5. The van der Waals surface area contributed by atoms with Crippen molar-refractivity contribution in [3.63, 3.8) is 0 Å². The smallest absolute Gasteiger partial charge is 0.434 e. The van der Waals surface area contributed by atoms with Crippen LogP contribution in [0.25, 0.3) is 17.8 Å². The fourth-order valence-corrected chi connectivity index (χ4v) is 4.18. The largest absolute Gasteiger partial charge is 0.435 e. The molecule has 4 aromatic rings. The summed E-state index contributed by atoms with van der Waals surface area (Å²) in [6, 6.07) is 9.76. The second kappa shape index (κ2) is 9.82. The molecule has 0 saturated carbocycles. The topological polar surface area (TPSA) is 68.5 Å². The van der Waals surface area contributed by atoms with Crippen LogP contribution in [0, 0.1) is 0 Å². The highest BCUT2D eigenvalue weighted by Crippen LogP contribution is 2.32. The van der Waals surface area contributed by atoms with Gasteiger partial charge in [0, 0.05) is 17.1 Å². The van der Waals surface area contributed by atoms with Crippen LogP contribution in [0.3, 0.4) is 0 Å². The molecule has 182 valence electrons. The Kier molecular flexibility index (Phi) is 6.83. The number of amides is 1.